The Morgan fingerprint density at radius 3 is 2.71 bits per heavy atom. The van der Waals surface area contributed by atoms with Gasteiger partial charge in [0.05, 0.1) is 6.04 Å². The topological polar surface area (TPSA) is 46.6 Å². The zero-order chi connectivity index (χ0) is 15.1. The monoisotopic (exact) mass is 353 g/mol. The molecule has 0 aromatic heterocycles. The quantitative estimate of drug-likeness (QED) is 0.556. The second-order valence-electron chi connectivity index (χ2n) is 5.18. The molecule has 0 radical (unpaired) electrons. The number of imide groups is 1. The minimum absolute atomic E-state index is 0.118. The molecule has 0 N–H and O–H groups in total. The molecule has 1 aliphatic rings. The lowest BCUT2D eigenvalue weighted by Gasteiger charge is -2.19. The number of hydrogen-bond donors (Lipinski definition) is 0. The number of cyclic esters (lactones) is 1. The van der Waals surface area contributed by atoms with Crippen LogP contribution in [0.4, 0.5) is 4.79 Å². The molecule has 1 fully saturated rings. The number of benzene rings is 1. The van der Waals surface area contributed by atoms with Crippen molar-refractivity contribution in [1.29, 1.82) is 0 Å². The second kappa shape index (κ2) is 8.17. The molecule has 2 rings (SSSR count). The summed E-state index contributed by atoms with van der Waals surface area (Å²) in [6.07, 6.45) is 3.41. The molecule has 114 valence electrons. The van der Waals surface area contributed by atoms with Gasteiger partial charge in [0, 0.05) is 11.8 Å². The smallest absolute Gasteiger partial charge is 0.416 e. The van der Waals surface area contributed by atoms with Gasteiger partial charge in [0.15, 0.2) is 0 Å². The van der Waals surface area contributed by atoms with Crippen LogP contribution in [-0.2, 0) is 16.0 Å². The van der Waals surface area contributed by atoms with E-state index in [4.69, 9.17) is 4.74 Å². The number of rotatable bonds is 7. The number of alkyl halides is 1. The Labute approximate surface area is 133 Å². The predicted octanol–water partition coefficient (Wildman–Crippen LogP) is 3.53. The molecule has 0 aliphatic carbocycles. The van der Waals surface area contributed by atoms with Crippen molar-refractivity contribution >= 4 is 27.9 Å². The molecule has 2 amide bonds. The lowest BCUT2D eigenvalue weighted by molar-refractivity contribution is -0.129. The summed E-state index contributed by atoms with van der Waals surface area (Å²) in [5.74, 6) is -0.118. The van der Waals surface area contributed by atoms with E-state index in [1.54, 1.807) is 0 Å². The standard InChI is InChI=1S/C16H20BrNO3/c17-10-6-2-5-9-15(19)18-14(12-21-16(18)20)11-13-7-3-1-4-8-13/h1,3-4,7-8,14H,2,5-6,9-12H2/t14-/m0/s1. The van der Waals surface area contributed by atoms with E-state index in [1.165, 1.54) is 4.90 Å². The van der Waals surface area contributed by atoms with Gasteiger partial charge in [-0.1, -0.05) is 52.7 Å². The van der Waals surface area contributed by atoms with Crippen LogP contribution >= 0.6 is 15.9 Å². The summed E-state index contributed by atoms with van der Waals surface area (Å²) in [7, 11) is 0. The highest BCUT2D eigenvalue weighted by atomic mass is 79.9. The molecule has 1 aromatic carbocycles. The average molecular weight is 354 g/mol. The number of amides is 2. The molecule has 4 nitrogen and oxygen atoms in total. The number of ether oxygens (including phenoxy) is 1. The SMILES string of the molecule is O=C(CCCCCBr)N1C(=O)OC[C@@H]1Cc1ccccc1. The second-order valence-corrected chi connectivity index (χ2v) is 5.98. The van der Waals surface area contributed by atoms with Crippen LogP contribution in [0.5, 0.6) is 0 Å². The van der Waals surface area contributed by atoms with Crippen molar-refractivity contribution in [3.8, 4) is 0 Å². The summed E-state index contributed by atoms with van der Waals surface area (Å²) in [5.41, 5.74) is 1.11. The first kappa shape index (κ1) is 16.0. The van der Waals surface area contributed by atoms with E-state index in [9.17, 15) is 9.59 Å². The molecular weight excluding hydrogens is 334 g/mol. The molecule has 0 unspecified atom stereocenters. The summed E-state index contributed by atoms with van der Waals surface area (Å²) in [4.78, 5) is 25.3. The molecular formula is C16H20BrNO3. The van der Waals surface area contributed by atoms with Gasteiger partial charge in [0.1, 0.15) is 6.61 Å². The third-order valence-electron chi connectivity index (χ3n) is 3.57. The van der Waals surface area contributed by atoms with Gasteiger partial charge < -0.3 is 4.74 Å². The van der Waals surface area contributed by atoms with Gasteiger partial charge in [0.25, 0.3) is 0 Å². The number of hydrogen-bond acceptors (Lipinski definition) is 3. The Morgan fingerprint density at radius 1 is 1.24 bits per heavy atom. The van der Waals surface area contributed by atoms with Crippen molar-refractivity contribution in [2.45, 2.75) is 38.1 Å². The van der Waals surface area contributed by atoms with Crippen LogP contribution < -0.4 is 0 Å². The largest absolute Gasteiger partial charge is 0.447 e. The highest BCUT2D eigenvalue weighted by Crippen LogP contribution is 2.19. The molecule has 21 heavy (non-hydrogen) atoms. The molecule has 1 heterocycles. The molecule has 1 saturated heterocycles. The zero-order valence-corrected chi connectivity index (χ0v) is 13.5. The van der Waals surface area contributed by atoms with E-state index >= 15 is 0 Å². The van der Waals surface area contributed by atoms with Gasteiger partial charge in [0.2, 0.25) is 5.91 Å². The Morgan fingerprint density at radius 2 is 2.00 bits per heavy atom. The highest BCUT2D eigenvalue weighted by Gasteiger charge is 2.37. The lowest BCUT2D eigenvalue weighted by Crippen LogP contribution is -2.40. The van der Waals surface area contributed by atoms with Crippen LogP contribution in [0.15, 0.2) is 30.3 Å². The Balaban J connectivity index is 1.92. The van der Waals surface area contributed by atoms with Crippen molar-refractivity contribution < 1.29 is 14.3 Å². The fourth-order valence-electron chi connectivity index (χ4n) is 2.47. The van der Waals surface area contributed by atoms with E-state index in [2.05, 4.69) is 15.9 Å². The van der Waals surface area contributed by atoms with Crippen LogP contribution in [0, 0.1) is 0 Å². The first-order valence-electron chi connectivity index (χ1n) is 7.31. The molecule has 1 aliphatic heterocycles. The summed E-state index contributed by atoms with van der Waals surface area (Å²) in [5, 5.41) is 0.948. The number of carbonyl (C=O) groups is 2. The van der Waals surface area contributed by atoms with Crippen molar-refractivity contribution in [2.75, 3.05) is 11.9 Å². The van der Waals surface area contributed by atoms with E-state index in [0.29, 0.717) is 19.4 Å². The average Bonchev–Trinajstić information content (AvgIpc) is 2.85. The maximum Gasteiger partial charge on any atom is 0.416 e. The molecule has 1 atom stereocenters. The van der Waals surface area contributed by atoms with Crippen LogP contribution in [-0.4, -0.2) is 34.9 Å². The van der Waals surface area contributed by atoms with E-state index in [0.717, 1.165) is 30.2 Å². The van der Waals surface area contributed by atoms with E-state index < -0.39 is 6.09 Å². The van der Waals surface area contributed by atoms with Crippen molar-refractivity contribution in [3.63, 3.8) is 0 Å². The highest BCUT2D eigenvalue weighted by molar-refractivity contribution is 9.09. The van der Waals surface area contributed by atoms with Crippen LogP contribution in [0.3, 0.4) is 0 Å². The molecule has 0 saturated carbocycles. The Kier molecular flexibility index (Phi) is 6.23. The molecule has 0 bridgehead atoms. The Hall–Kier alpha value is -1.36. The predicted molar refractivity (Wildman–Crippen MR) is 84.4 cm³/mol. The molecule has 0 spiro atoms. The maximum atomic E-state index is 12.2. The minimum atomic E-state index is -0.499. The van der Waals surface area contributed by atoms with Crippen LogP contribution in [0.2, 0.25) is 0 Å². The minimum Gasteiger partial charge on any atom is -0.447 e. The first-order chi connectivity index (χ1) is 10.2. The summed E-state index contributed by atoms with van der Waals surface area (Å²) in [6, 6.07) is 9.69. The molecule has 1 aromatic rings. The van der Waals surface area contributed by atoms with Crippen molar-refractivity contribution in [2.24, 2.45) is 0 Å². The fraction of sp³-hybridized carbons (Fsp3) is 0.500. The lowest BCUT2D eigenvalue weighted by atomic mass is 10.1. The van der Waals surface area contributed by atoms with Crippen molar-refractivity contribution in [3.05, 3.63) is 35.9 Å². The zero-order valence-electron chi connectivity index (χ0n) is 12.0. The fourth-order valence-corrected chi connectivity index (χ4v) is 2.87. The van der Waals surface area contributed by atoms with Crippen molar-refractivity contribution in [1.82, 2.24) is 4.90 Å². The van der Waals surface area contributed by atoms with E-state index in [1.807, 2.05) is 30.3 Å². The summed E-state index contributed by atoms with van der Waals surface area (Å²) >= 11 is 3.37. The number of carbonyl (C=O) groups excluding carboxylic acids is 2. The number of nitrogens with zero attached hydrogens (tertiary/aromatic N) is 1. The summed E-state index contributed by atoms with van der Waals surface area (Å²) in [6.45, 7) is 0.293. The van der Waals surface area contributed by atoms with Gasteiger partial charge >= 0.3 is 6.09 Å². The van der Waals surface area contributed by atoms with Gasteiger partial charge in [-0.2, -0.15) is 0 Å². The summed E-state index contributed by atoms with van der Waals surface area (Å²) < 4.78 is 5.06. The van der Waals surface area contributed by atoms with Gasteiger partial charge in [-0.25, -0.2) is 9.69 Å². The maximum absolute atomic E-state index is 12.2. The number of unbranched alkanes of at least 4 members (excludes halogenated alkanes) is 2. The van der Waals surface area contributed by atoms with Crippen LogP contribution in [0.25, 0.3) is 0 Å². The van der Waals surface area contributed by atoms with Gasteiger partial charge in [-0.3, -0.25) is 4.79 Å². The molecule has 5 heteroatoms. The first-order valence-corrected chi connectivity index (χ1v) is 8.43. The third-order valence-corrected chi connectivity index (χ3v) is 4.13. The van der Waals surface area contributed by atoms with E-state index in [-0.39, 0.29) is 11.9 Å². The van der Waals surface area contributed by atoms with Crippen LogP contribution in [0.1, 0.15) is 31.2 Å². The van der Waals surface area contributed by atoms with Gasteiger partial charge in [-0.15, -0.1) is 0 Å². The normalized spacial score (nSPS) is 17.9. The number of halogens is 1. The van der Waals surface area contributed by atoms with Gasteiger partial charge in [-0.05, 0) is 24.8 Å². The Bertz CT molecular complexity index is 478. The third kappa shape index (κ3) is 4.56.